The monoisotopic (exact) mass is 160 g/mol. The first-order valence-electron chi connectivity index (χ1n) is 2.10. The third-order valence-corrected chi connectivity index (χ3v) is 0.970. The average molecular weight is 160 g/mol. The first-order valence-corrected chi connectivity index (χ1v) is 2.91. The summed E-state index contributed by atoms with van der Waals surface area (Å²) in [6.07, 6.45) is 1.02. The molecule has 0 unspecified atom stereocenters. The molecule has 0 spiro atoms. The molecule has 0 aromatic rings. The summed E-state index contributed by atoms with van der Waals surface area (Å²) in [6, 6.07) is 0. The molecule has 0 aliphatic rings. The van der Waals surface area contributed by atoms with Gasteiger partial charge in [-0.15, -0.1) is 0 Å². The standard InChI is InChI=1S/C5H5N2O.V/c1-3-7-4(2)5(6)8;/h1-3H,(H2,6,8);/q-1;. The minimum atomic E-state index is -0.586. The van der Waals surface area contributed by atoms with Crippen molar-refractivity contribution in [2.45, 2.75) is 0 Å². The number of carbonyl (C=O) groups excluding carboxylic acids is 1. The van der Waals surface area contributed by atoms with Crippen molar-refractivity contribution < 1.29 is 21.8 Å². The second-order valence-electron chi connectivity index (χ2n) is 1.16. The van der Waals surface area contributed by atoms with E-state index in [0.717, 1.165) is 6.20 Å². The van der Waals surface area contributed by atoms with E-state index in [9.17, 15) is 4.79 Å². The summed E-state index contributed by atoms with van der Waals surface area (Å²) < 4.78 is 1.43. The molecule has 2 N–H and O–H groups in total. The molecular formula is C5H5N2OV-. The molecular weight excluding hydrogens is 155 g/mol. The molecule has 0 rings (SSSR count). The first-order chi connectivity index (χ1) is 4.22. The number of primary amides is 1. The van der Waals surface area contributed by atoms with E-state index in [1.54, 1.807) is 0 Å². The Morgan fingerprint density at radius 1 is 1.78 bits per heavy atom. The first kappa shape index (κ1) is 8.33. The molecule has 0 aliphatic heterocycles. The van der Waals surface area contributed by atoms with Crippen molar-refractivity contribution in [1.29, 1.82) is 0 Å². The van der Waals surface area contributed by atoms with E-state index in [4.69, 9.17) is 12.3 Å². The van der Waals surface area contributed by atoms with Crippen LogP contribution in [0.4, 0.5) is 0 Å². The molecule has 0 aromatic carbocycles. The van der Waals surface area contributed by atoms with Gasteiger partial charge in [0.25, 0.3) is 0 Å². The van der Waals surface area contributed by atoms with Crippen LogP contribution in [0.2, 0.25) is 0 Å². The predicted octanol–water partition coefficient (Wildman–Crippen LogP) is -0.792. The minimum absolute atomic E-state index is 0.150. The van der Waals surface area contributed by atoms with Gasteiger partial charge >= 0.3 is 61.6 Å². The third-order valence-electron chi connectivity index (χ3n) is 0.588. The number of carbonyl (C=O) groups is 1. The second kappa shape index (κ2) is 4.24. The Morgan fingerprint density at radius 2 is 2.33 bits per heavy atom. The molecule has 9 heavy (non-hydrogen) atoms. The SMILES string of the molecule is [CH-]=CN=C([CH]=[V])C(N)=O. The van der Waals surface area contributed by atoms with E-state index < -0.39 is 5.91 Å². The van der Waals surface area contributed by atoms with Crippen molar-refractivity contribution >= 4 is 16.3 Å². The zero-order valence-electron chi connectivity index (χ0n) is 4.61. The van der Waals surface area contributed by atoms with Crippen LogP contribution in [0.5, 0.6) is 0 Å². The molecule has 0 radical (unpaired) electrons. The van der Waals surface area contributed by atoms with Crippen molar-refractivity contribution in [2.24, 2.45) is 10.7 Å². The van der Waals surface area contributed by atoms with E-state index in [0.29, 0.717) is 0 Å². The van der Waals surface area contributed by atoms with E-state index in [1.807, 2.05) is 0 Å². The summed E-state index contributed by atoms with van der Waals surface area (Å²) in [7, 11) is 0. The molecule has 47 valence electrons. The summed E-state index contributed by atoms with van der Waals surface area (Å²) in [4.78, 5) is 13.8. The normalized spacial score (nSPS) is 10.3. The molecule has 0 bridgehead atoms. The zero-order valence-corrected chi connectivity index (χ0v) is 6.01. The van der Waals surface area contributed by atoms with Gasteiger partial charge in [-0.2, -0.15) is 0 Å². The van der Waals surface area contributed by atoms with Crippen LogP contribution in [0.25, 0.3) is 0 Å². The number of hydrogen-bond donors (Lipinski definition) is 1. The van der Waals surface area contributed by atoms with Gasteiger partial charge in [0.2, 0.25) is 0 Å². The Labute approximate surface area is 62.1 Å². The van der Waals surface area contributed by atoms with Gasteiger partial charge in [0.15, 0.2) is 0 Å². The van der Waals surface area contributed by atoms with Crippen LogP contribution in [-0.2, 0) is 21.8 Å². The summed E-state index contributed by atoms with van der Waals surface area (Å²) >= 11 is 2.07. The number of nitrogens with two attached hydrogens (primary N) is 1. The van der Waals surface area contributed by atoms with Crippen LogP contribution < -0.4 is 5.73 Å². The molecule has 0 heterocycles. The van der Waals surface area contributed by atoms with Crippen LogP contribution in [-0.4, -0.2) is 16.3 Å². The van der Waals surface area contributed by atoms with Crippen molar-refractivity contribution in [3.63, 3.8) is 0 Å². The fourth-order valence-electron chi connectivity index (χ4n) is 0.241. The molecule has 1 amide bonds. The van der Waals surface area contributed by atoms with Gasteiger partial charge in [-0.3, -0.25) is 0 Å². The van der Waals surface area contributed by atoms with Crippen LogP contribution >= 0.6 is 0 Å². The van der Waals surface area contributed by atoms with Gasteiger partial charge in [0.1, 0.15) is 0 Å². The molecule has 0 aromatic heterocycles. The molecule has 3 nitrogen and oxygen atoms in total. The Morgan fingerprint density at radius 3 is 2.44 bits per heavy atom. The fraction of sp³-hybridized carbons (Fsp3) is 0. The van der Waals surface area contributed by atoms with E-state index in [-0.39, 0.29) is 5.71 Å². The van der Waals surface area contributed by atoms with Gasteiger partial charge in [-0.1, -0.05) is 0 Å². The van der Waals surface area contributed by atoms with Crippen molar-refractivity contribution in [3.8, 4) is 0 Å². The van der Waals surface area contributed by atoms with Gasteiger partial charge in [0.05, 0.1) is 0 Å². The molecule has 0 fully saturated rings. The Hall–Kier alpha value is -0.666. The van der Waals surface area contributed by atoms with Crippen LogP contribution in [0.1, 0.15) is 0 Å². The number of amides is 1. The molecule has 0 saturated carbocycles. The number of nitrogens with zero attached hydrogens (tertiary/aromatic N) is 1. The Bertz CT molecular complexity index is 174. The van der Waals surface area contributed by atoms with Gasteiger partial charge in [-0.25, -0.2) is 0 Å². The van der Waals surface area contributed by atoms with Crippen LogP contribution in [0, 0.1) is 6.58 Å². The number of rotatable bonds is 3. The quantitative estimate of drug-likeness (QED) is 0.426. The Kier molecular flexibility index (Phi) is 3.92. The van der Waals surface area contributed by atoms with E-state index in [2.05, 4.69) is 22.0 Å². The van der Waals surface area contributed by atoms with Gasteiger partial charge in [0, 0.05) is 0 Å². The predicted molar refractivity (Wildman–Crippen MR) is 31.6 cm³/mol. The summed E-state index contributed by atoms with van der Waals surface area (Å²) in [6.45, 7) is 4.90. The van der Waals surface area contributed by atoms with Crippen molar-refractivity contribution in [2.75, 3.05) is 0 Å². The van der Waals surface area contributed by atoms with E-state index >= 15 is 0 Å². The maximum absolute atomic E-state index is 10.3. The molecule has 0 saturated heterocycles. The second-order valence-corrected chi connectivity index (χ2v) is 1.56. The van der Waals surface area contributed by atoms with Crippen molar-refractivity contribution in [1.82, 2.24) is 0 Å². The van der Waals surface area contributed by atoms with Crippen LogP contribution in [0.15, 0.2) is 11.2 Å². The topological polar surface area (TPSA) is 55.4 Å². The fourth-order valence-corrected chi connectivity index (χ4v) is 0.544. The molecule has 0 aliphatic carbocycles. The molecule has 4 heteroatoms. The Balaban J connectivity index is 4.32. The van der Waals surface area contributed by atoms with Gasteiger partial charge in [-0.05, 0) is 0 Å². The average Bonchev–Trinajstić information content (AvgIpc) is 1.82. The summed E-state index contributed by atoms with van der Waals surface area (Å²) in [5.74, 6) is -0.586. The van der Waals surface area contributed by atoms with Gasteiger partial charge < -0.3 is 0 Å². The maximum atomic E-state index is 10.3. The zero-order chi connectivity index (χ0) is 7.28. The van der Waals surface area contributed by atoms with Crippen molar-refractivity contribution in [3.05, 3.63) is 12.8 Å². The number of hydrogen-bond acceptors (Lipinski definition) is 2. The molecule has 0 atom stereocenters. The number of aliphatic imine (C=N–C) groups is 1. The van der Waals surface area contributed by atoms with E-state index in [1.165, 1.54) is 4.73 Å². The third kappa shape index (κ3) is 3.00. The summed E-state index contributed by atoms with van der Waals surface area (Å²) in [5.41, 5.74) is 5.00. The van der Waals surface area contributed by atoms with Crippen LogP contribution in [0.3, 0.4) is 0 Å². The summed E-state index contributed by atoms with van der Waals surface area (Å²) in [5, 5.41) is 0.